The van der Waals surface area contributed by atoms with Crippen molar-refractivity contribution in [2.24, 2.45) is 0 Å². The minimum atomic E-state index is 0.990. The van der Waals surface area contributed by atoms with Gasteiger partial charge in [-0.15, -0.1) is 0 Å². The van der Waals surface area contributed by atoms with Gasteiger partial charge in [-0.1, -0.05) is 13.8 Å². The van der Waals surface area contributed by atoms with Crippen LogP contribution >= 0.6 is 0 Å². The summed E-state index contributed by atoms with van der Waals surface area (Å²) in [6.45, 7) is 7.60. The van der Waals surface area contributed by atoms with Crippen molar-refractivity contribution in [2.45, 2.75) is 52.5 Å². The van der Waals surface area contributed by atoms with E-state index in [1.54, 1.807) is 6.33 Å². The Morgan fingerprint density at radius 1 is 1.19 bits per heavy atom. The highest BCUT2D eigenvalue weighted by Gasteiger charge is 2.02. The second kappa shape index (κ2) is 8.28. The summed E-state index contributed by atoms with van der Waals surface area (Å²) in [6, 6.07) is 0. The van der Waals surface area contributed by atoms with Crippen molar-refractivity contribution >= 4 is 0 Å². The van der Waals surface area contributed by atoms with Crippen LogP contribution in [0.1, 0.15) is 45.4 Å². The van der Waals surface area contributed by atoms with Crippen molar-refractivity contribution < 1.29 is 0 Å². The van der Waals surface area contributed by atoms with Crippen LogP contribution in [0.3, 0.4) is 0 Å². The molecule has 1 rings (SSSR count). The zero-order valence-electron chi connectivity index (χ0n) is 10.6. The quantitative estimate of drug-likeness (QED) is 0.652. The van der Waals surface area contributed by atoms with Gasteiger partial charge in [0.1, 0.15) is 12.2 Å². The molecule has 0 aromatic carbocycles. The molecule has 4 nitrogen and oxygen atoms in total. The SMILES string of the molecule is CCCNCCCCc1ncnn1CCC. The standard InChI is InChI=1S/C12H24N4/c1-3-8-13-9-6-5-7-12-14-11-15-16(12)10-4-2/h11,13H,3-10H2,1-2H3. The number of aryl methyl sites for hydroxylation is 2. The molecule has 1 aromatic rings. The summed E-state index contributed by atoms with van der Waals surface area (Å²) in [5.74, 6) is 1.14. The lowest BCUT2D eigenvalue weighted by molar-refractivity contribution is 0.548. The number of unbranched alkanes of at least 4 members (excludes halogenated alkanes) is 1. The number of hydrogen-bond acceptors (Lipinski definition) is 3. The second-order valence-electron chi connectivity index (χ2n) is 4.11. The molecule has 1 heterocycles. The van der Waals surface area contributed by atoms with Gasteiger partial charge < -0.3 is 5.32 Å². The maximum Gasteiger partial charge on any atom is 0.138 e. The van der Waals surface area contributed by atoms with Crippen molar-refractivity contribution in [3.8, 4) is 0 Å². The van der Waals surface area contributed by atoms with Crippen molar-refractivity contribution in [1.82, 2.24) is 20.1 Å². The Morgan fingerprint density at radius 2 is 2.06 bits per heavy atom. The topological polar surface area (TPSA) is 42.7 Å². The van der Waals surface area contributed by atoms with Crippen LogP contribution in [0.2, 0.25) is 0 Å². The van der Waals surface area contributed by atoms with Crippen LogP contribution < -0.4 is 5.32 Å². The number of nitrogens with one attached hydrogen (secondary N) is 1. The van der Waals surface area contributed by atoms with Crippen molar-refractivity contribution in [3.63, 3.8) is 0 Å². The van der Waals surface area contributed by atoms with Crippen LogP contribution in [0.4, 0.5) is 0 Å². The third-order valence-corrected chi connectivity index (χ3v) is 2.56. The highest BCUT2D eigenvalue weighted by atomic mass is 15.3. The Bertz CT molecular complexity index is 270. The number of nitrogens with zero attached hydrogens (tertiary/aromatic N) is 3. The van der Waals surface area contributed by atoms with Gasteiger partial charge in [-0.25, -0.2) is 4.98 Å². The predicted octanol–water partition coefficient (Wildman–Crippen LogP) is 2.01. The zero-order valence-corrected chi connectivity index (χ0v) is 10.6. The molecule has 0 aliphatic carbocycles. The molecule has 0 spiro atoms. The average molecular weight is 224 g/mol. The zero-order chi connectivity index (χ0) is 11.6. The van der Waals surface area contributed by atoms with Gasteiger partial charge >= 0.3 is 0 Å². The smallest absolute Gasteiger partial charge is 0.138 e. The van der Waals surface area contributed by atoms with Crippen LogP contribution in [0.5, 0.6) is 0 Å². The molecule has 1 N–H and O–H groups in total. The molecule has 4 heteroatoms. The van der Waals surface area contributed by atoms with Gasteiger partial charge in [-0.05, 0) is 38.8 Å². The molecular formula is C12H24N4. The maximum absolute atomic E-state index is 4.30. The van der Waals surface area contributed by atoms with E-state index in [9.17, 15) is 0 Å². The molecule has 0 fully saturated rings. The van der Waals surface area contributed by atoms with Gasteiger partial charge in [0.25, 0.3) is 0 Å². The molecular weight excluding hydrogens is 200 g/mol. The number of aromatic nitrogens is 3. The van der Waals surface area contributed by atoms with E-state index in [-0.39, 0.29) is 0 Å². The summed E-state index contributed by atoms with van der Waals surface area (Å²) < 4.78 is 2.03. The van der Waals surface area contributed by atoms with E-state index in [1.165, 1.54) is 19.3 Å². The van der Waals surface area contributed by atoms with Gasteiger partial charge in [0.05, 0.1) is 0 Å². The number of hydrogen-bond donors (Lipinski definition) is 1. The van der Waals surface area contributed by atoms with Gasteiger partial charge in [-0.2, -0.15) is 5.10 Å². The van der Waals surface area contributed by atoms with E-state index in [4.69, 9.17) is 0 Å². The average Bonchev–Trinajstić information content (AvgIpc) is 2.72. The second-order valence-corrected chi connectivity index (χ2v) is 4.11. The predicted molar refractivity (Wildman–Crippen MR) is 66.4 cm³/mol. The summed E-state index contributed by atoms with van der Waals surface area (Å²) >= 11 is 0. The monoisotopic (exact) mass is 224 g/mol. The lowest BCUT2D eigenvalue weighted by atomic mass is 10.2. The molecule has 1 aromatic heterocycles. The molecule has 0 unspecified atom stereocenters. The molecule has 0 aliphatic heterocycles. The summed E-state index contributed by atoms with van der Waals surface area (Å²) in [5, 5.41) is 7.64. The molecule has 0 saturated heterocycles. The van der Waals surface area contributed by atoms with E-state index < -0.39 is 0 Å². The summed E-state index contributed by atoms with van der Waals surface area (Å²) in [5.41, 5.74) is 0. The van der Waals surface area contributed by atoms with Crippen molar-refractivity contribution in [1.29, 1.82) is 0 Å². The van der Waals surface area contributed by atoms with Crippen LogP contribution in [-0.4, -0.2) is 27.9 Å². The normalized spacial score (nSPS) is 10.9. The maximum atomic E-state index is 4.30. The third kappa shape index (κ3) is 4.75. The Labute approximate surface area is 98.5 Å². The molecule has 0 atom stereocenters. The highest BCUT2D eigenvalue weighted by Crippen LogP contribution is 2.02. The van der Waals surface area contributed by atoms with Crippen LogP contribution in [0.25, 0.3) is 0 Å². The minimum Gasteiger partial charge on any atom is -0.317 e. The fourth-order valence-corrected chi connectivity index (χ4v) is 1.72. The molecule has 0 amide bonds. The Balaban J connectivity index is 2.13. The lowest BCUT2D eigenvalue weighted by Gasteiger charge is -2.05. The first-order chi connectivity index (χ1) is 7.88. The molecule has 0 saturated carbocycles. The van der Waals surface area contributed by atoms with Gasteiger partial charge in [0.2, 0.25) is 0 Å². The molecule has 0 aliphatic rings. The first-order valence-electron chi connectivity index (χ1n) is 6.45. The largest absolute Gasteiger partial charge is 0.317 e. The molecule has 16 heavy (non-hydrogen) atoms. The van der Waals surface area contributed by atoms with Crippen LogP contribution in [0, 0.1) is 0 Å². The van der Waals surface area contributed by atoms with Gasteiger partial charge in [-0.3, -0.25) is 4.68 Å². The fraction of sp³-hybridized carbons (Fsp3) is 0.833. The summed E-state index contributed by atoms with van der Waals surface area (Å²) in [6.07, 6.45) is 7.46. The van der Waals surface area contributed by atoms with Crippen LogP contribution in [0.15, 0.2) is 6.33 Å². The molecule has 0 radical (unpaired) electrons. The van der Waals surface area contributed by atoms with Crippen LogP contribution in [-0.2, 0) is 13.0 Å². The lowest BCUT2D eigenvalue weighted by Crippen LogP contribution is -2.16. The van der Waals surface area contributed by atoms with Crippen molar-refractivity contribution in [3.05, 3.63) is 12.2 Å². The Kier molecular flexibility index (Phi) is 6.81. The minimum absolute atomic E-state index is 0.990. The van der Waals surface area contributed by atoms with E-state index in [1.807, 2.05) is 4.68 Å². The number of rotatable bonds is 9. The Hall–Kier alpha value is -0.900. The highest BCUT2D eigenvalue weighted by molar-refractivity contribution is 4.84. The summed E-state index contributed by atoms with van der Waals surface area (Å²) in [4.78, 5) is 4.30. The first kappa shape index (κ1) is 13.2. The van der Waals surface area contributed by atoms with E-state index >= 15 is 0 Å². The van der Waals surface area contributed by atoms with Gasteiger partial charge in [0.15, 0.2) is 0 Å². The molecule has 0 bridgehead atoms. The fourth-order valence-electron chi connectivity index (χ4n) is 1.72. The van der Waals surface area contributed by atoms with E-state index in [2.05, 4.69) is 29.2 Å². The summed E-state index contributed by atoms with van der Waals surface area (Å²) in [7, 11) is 0. The third-order valence-electron chi connectivity index (χ3n) is 2.56. The molecule has 92 valence electrons. The van der Waals surface area contributed by atoms with E-state index in [0.29, 0.717) is 0 Å². The Morgan fingerprint density at radius 3 is 2.81 bits per heavy atom. The van der Waals surface area contributed by atoms with Gasteiger partial charge in [0, 0.05) is 13.0 Å². The first-order valence-corrected chi connectivity index (χ1v) is 6.45. The van der Waals surface area contributed by atoms with Crippen molar-refractivity contribution in [2.75, 3.05) is 13.1 Å². The van der Waals surface area contributed by atoms with E-state index in [0.717, 1.165) is 38.3 Å².